The maximum Gasteiger partial charge on any atom is 0.356 e. The number of rotatable bonds is 3. The third-order valence-corrected chi connectivity index (χ3v) is 2.97. The largest absolute Gasteiger partial charge is 0.476 e. The molecule has 0 unspecified atom stereocenters. The van der Waals surface area contributed by atoms with Crippen LogP contribution in [0, 0.1) is 10.1 Å². The van der Waals surface area contributed by atoms with E-state index in [1.165, 1.54) is 23.0 Å². The van der Waals surface area contributed by atoms with Crippen LogP contribution in [-0.4, -0.2) is 30.8 Å². The molecule has 0 radical (unpaired) electrons. The molecule has 0 saturated heterocycles. The van der Waals surface area contributed by atoms with Gasteiger partial charge in [-0.2, -0.15) is 5.10 Å². The maximum absolute atomic E-state index is 11.4. The minimum atomic E-state index is -1.20. The summed E-state index contributed by atoms with van der Waals surface area (Å²) in [6, 6.07) is 7.59. The highest BCUT2D eigenvalue weighted by molar-refractivity contribution is 5.92. The first-order valence-electron chi connectivity index (χ1n) is 5.89. The van der Waals surface area contributed by atoms with Gasteiger partial charge in [0, 0.05) is 12.4 Å². The van der Waals surface area contributed by atoms with Crippen molar-refractivity contribution in [3.63, 3.8) is 0 Å². The average Bonchev–Trinajstić information content (AvgIpc) is 2.95. The predicted octanol–water partition coefficient (Wildman–Crippen LogP) is 2.03. The van der Waals surface area contributed by atoms with Gasteiger partial charge in [0.1, 0.15) is 5.69 Å². The molecule has 0 fully saturated rings. The predicted molar refractivity (Wildman–Crippen MR) is 72.5 cm³/mol. The van der Waals surface area contributed by atoms with Gasteiger partial charge in [0.25, 0.3) is 0 Å². The van der Waals surface area contributed by atoms with Gasteiger partial charge < -0.3 is 5.11 Å². The number of aromatic nitrogens is 3. The van der Waals surface area contributed by atoms with Gasteiger partial charge in [0.15, 0.2) is 5.69 Å². The van der Waals surface area contributed by atoms with Gasteiger partial charge in [-0.25, -0.2) is 9.48 Å². The van der Waals surface area contributed by atoms with Crippen molar-refractivity contribution in [3.05, 3.63) is 58.5 Å². The fraction of sp³-hybridized carbons (Fsp3) is 0. The van der Waals surface area contributed by atoms with Crippen molar-refractivity contribution in [2.75, 3.05) is 0 Å². The average molecular weight is 284 g/mol. The zero-order valence-electron chi connectivity index (χ0n) is 10.5. The van der Waals surface area contributed by atoms with Crippen molar-refractivity contribution in [2.45, 2.75) is 0 Å². The van der Waals surface area contributed by atoms with E-state index in [1.54, 1.807) is 24.4 Å². The highest BCUT2D eigenvalue weighted by atomic mass is 16.6. The van der Waals surface area contributed by atoms with Crippen LogP contribution in [-0.2, 0) is 0 Å². The van der Waals surface area contributed by atoms with E-state index in [4.69, 9.17) is 5.11 Å². The monoisotopic (exact) mass is 284 g/mol. The van der Waals surface area contributed by atoms with Crippen molar-refractivity contribution >= 4 is 22.6 Å². The summed E-state index contributed by atoms with van der Waals surface area (Å²) >= 11 is 0. The van der Waals surface area contributed by atoms with Crippen molar-refractivity contribution in [1.29, 1.82) is 0 Å². The summed E-state index contributed by atoms with van der Waals surface area (Å²) in [7, 11) is 0. The lowest BCUT2D eigenvalue weighted by Crippen LogP contribution is -2.04. The van der Waals surface area contributed by atoms with Gasteiger partial charge in [-0.05, 0) is 30.3 Å². The molecule has 8 nitrogen and oxygen atoms in total. The number of carbonyl (C=O) groups is 1. The Balaban J connectivity index is 2.28. The van der Waals surface area contributed by atoms with Crippen LogP contribution in [0.1, 0.15) is 10.5 Å². The molecule has 1 aromatic carbocycles. The fourth-order valence-electron chi connectivity index (χ4n) is 2.07. The molecular formula is C13H8N4O4. The van der Waals surface area contributed by atoms with Crippen molar-refractivity contribution in [1.82, 2.24) is 14.8 Å². The molecule has 0 aliphatic heterocycles. The Morgan fingerprint density at radius 1 is 1.29 bits per heavy atom. The van der Waals surface area contributed by atoms with Crippen LogP contribution in [0.3, 0.4) is 0 Å². The molecule has 0 aliphatic rings. The topological polar surface area (TPSA) is 111 Å². The van der Waals surface area contributed by atoms with E-state index in [2.05, 4.69) is 10.1 Å². The summed E-state index contributed by atoms with van der Waals surface area (Å²) in [5.74, 6) is -1.20. The SMILES string of the molecule is O=C(O)c1ccn(-c2ccc3ncccc3c2[N+](=O)[O-])n1. The normalized spacial score (nSPS) is 10.7. The molecular weight excluding hydrogens is 276 g/mol. The molecule has 2 heterocycles. The number of nitro benzene ring substituents is 1. The van der Waals surface area contributed by atoms with E-state index in [9.17, 15) is 14.9 Å². The number of nitrogens with zero attached hydrogens (tertiary/aromatic N) is 4. The Hall–Kier alpha value is -3.29. The molecule has 3 rings (SSSR count). The number of fused-ring (bicyclic) bond motifs is 1. The first-order valence-corrected chi connectivity index (χ1v) is 5.89. The number of carboxylic acids is 1. The molecule has 0 spiro atoms. The molecule has 3 aromatic rings. The Morgan fingerprint density at radius 2 is 2.10 bits per heavy atom. The molecule has 0 bridgehead atoms. The number of pyridine rings is 1. The lowest BCUT2D eigenvalue weighted by Gasteiger charge is -2.05. The van der Waals surface area contributed by atoms with Crippen LogP contribution in [0.5, 0.6) is 0 Å². The second kappa shape index (κ2) is 4.67. The van der Waals surface area contributed by atoms with E-state index in [0.717, 1.165) is 0 Å². The van der Waals surface area contributed by atoms with Gasteiger partial charge in [-0.3, -0.25) is 15.1 Å². The summed E-state index contributed by atoms with van der Waals surface area (Å²) in [4.78, 5) is 25.8. The molecule has 2 aromatic heterocycles. The lowest BCUT2D eigenvalue weighted by molar-refractivity contribution is -0.382. The summed E-state index contributed by atoms with van der Waals surface area (Å²) in [5.41, 5.74) is 0.322. The van der Waals surface area contributed by atoms with Gasteiger partial charge in [0.05, 0.1) is 15.8 Å². The highest BCUT2D eigenvalue weighted by Crippen LogP contribution is 2.30. The van der Waals surface area contributed by atoms with E-state index in [0.29, 0.717) is 10.9 Å². The van der Waals surface area contributed by atoms with Crippen LogP contribution >= 0.6 is 0 Å². The second-order valence-electron chi connectivity index (χ2n) is 4.21. The number of benzene rings is 1. The zero-order valence-corrected chi connectivity index (χ0v) is 10.5. The van der Waals surface area contributed by atoms with Crippen LogP contribution in [0.4, 0.5) is 5.69 Å². The zero-order chi connectivity index (χ0) is 15.0. The summed E-state index contributed by atoms with van der Waals surface area (Å²) in [5, 5.41) is 24.4. The minimum absolute atomic E-state index is 0.166. The maximum atomic E-state index is 11.4. The molecule has 104 valence electrons. The first-order chi connectivity index (χ1) is 10.1. The molecule has 8 heteroatoms. The fourth-order valence-corrected chi connectivity index (χ4v) is 2.07. The summed E-state index contributed by atoms with van der Waals surface area (Å²) in [6.07, 6.45) is 2.91. The quantitative estimate of drug-likeness (QED) is 0.581. The molecule has 0 saturated carbocycles. The molecule has 0 aliphatic carbocycles. The van der Waals surface area contributed by atoms with E-state index in [-0.39, 0.29) is 17.1 Å². The highest BCUT2D eigenvalue weighted by Gasteiger charge is 2.21. The number of hydrogen-bond acceptors (Lipinski definition) is 5. The van der Waals surface area contributed by atoms with E-state index in [1.807, 2.05) is 0 Å². The summed E-state index contributed by atoms with van der Waals surface area (Å²) in [6.45, 7) is 0. The van der Waals surface area contributed by atoms with Crippen LogP contribution < -0.4 is 0 Å². The van der Waals surface area contributed by atoms with Crippen LogP contribution in [0.15, 0.2) is 42.7 Å². The van der Waals surface area contributed by atoms with Gasteiger partial charge in [-0.1, -0.05) is 0 Å². The summed E-state index contributed by atoms with van der Waals surface area (Å²) < 4.78 is 1.17. The third-order valence-electron chi connectivity index (χ3n) is 2.97. The minimum Gasteiger partial charge on any atom is -0.476 e. The second-order valence-corrected chi connectivity index (χ2v) is 4.21. The van der Waals surface area contributed by atoms with E-state index >= 15 is 0 Å². The molecule has 0 atom stereocenters. The van der Waals surface area contributed by atoms with Crippen LogP contribution in [0.2, 0.25) is 0 Å². The molecule has 1 N–H and O–H groups in total. The number of hydrogen-bond donors (Lipinski definition) is 1. The number of carboxylic acid groups (broad SMARTS) is 1. The number of aromatic carboxylic acids is 1. The third kappa shape index (κ3) is 2.08. The first kappa shape index (κ1) is 12.7. The van der Waals surface area contributed by atoms with Gasteiger partial charge in [-0.15, -0.1) is 0 Å². The lowest BCUT2D eigenvalue weighted by atomic mass is 10.1. The van der Waals surface area contributed by atoms with Crippen molar-refractivity contribution in [3.8, 4) is 5.69 Å². The Kier molecular flexibility index (Phi) is 2.83. The molecule has 0 amide bonds. The Labute approximate surface area is 117 Å². The standard InChI is InChI=1S/C13H8N4O4/c18-13(19)10-5-7-16(15-10)11-4-3-9-8(2-1-6-14-9)12(11)17(20)21/h1-7H,(H,18,19). The van der Waals surface area contributed by atoms with E-state index < -0.39 is 10.9 Å². The smallest absolute Gasteiger partial charge is 0.356 e. The van der Waals surface area contributed by atoms with Crippen molar-refractivity contribution in [2.24, 2.45) is 0 Å². The van der Waals surface area contributed by atoms with Gasteiger partial charge in [0.2, 0.25) is 0 Å². The van der Waals surface area contributed by atoms with Crippen molar-refractivity contribution < 1.29 is 14.8 Å². The van der Waals surface area contributed by atoms with Gasteiger partial charge >= 0.3 is 11.7 Å². The Morgan fingerprint density at radius 3 is 2.76 bits per heavy atom. The molecule has 21 heavy (non-hydrogen) atoms. The Bertz CT molecular complexity index is 871. The van der Waals surface area contributed by atoms with Crippen LogP contribution in [0.25, 0.3) is 16.6 Å². The number of nitro groups is 1.